The molecular formula is C66H43N3O. The molecule has 0 amide bonds. The minimum atomic E-state index is 0.909. The van der Waals surface area contributed by atoms with Crippen LogP contribution in [0.15, 0.2) is 265 Å². The molecule has 0 spiro atoms. The van der Waals surface area contributed by atoms with E-state index in [4.69, 9.17) is 4.42 Å². The van der Waals surface area contributed by atoms with Crippen LogP contribution < -0.4 is 4.90 Å². The minimum absolute atomic E-state index is 0.909. The molecule has 328 valence electrons. The summed E-state index contributed by atoms with van der Waals surface area (Å²) in [6.07, 6.45) is 0. The van der Waals surface area contributed by atoms with E-state index in [1.807, 2.05) is 12.1 Å². The van der Waals surface area contributed by atoms with Gasteiger partial charge in [-0.3, -0.25) is 0 Å². The Kier molecular flexibility index (Phi) is 9.17. The van der Waals surface area contributed by atoms with E-state index in [0.29, 0.717) is 0 Å². The highest BCUT2D eigenvalue weighted by atomic mass is 16.3. The fourth-order valence-corrected chi connectivity index (χ4v) is 10.8. The van der Waals surface area contributed by atoms with Crippen LogP contribution in [0.2, 0.25) is 0 Å². The van der Waals surface area contributed by atoms with Crippen LogP contribution in [0.1, 0.15) is 0 Å². The predicted octanol–water partition coefficient (Wildman–Crippen LogP) is 18.3. The molecule has 70 heavy (non-hydrogen) atoms. The Morgan fingerprint density at radius 1 is 0.271 bits per heavy atom. The summed E-state index contributed by atoms with van der Waals surface area (Å²) >= 11 is 0. The van der Waals surface area contributed by atoms with Crippen LogP contribution in [0, 0.1) is 0 Å². The SMILES string of the molecule is c1ccc(-n2c3ccccc3c3cc(-c4ccc(N(c5ccc(-c6ccc(-c7cccc8c7oc7ccccc78)cc6)cc5)c5ccc(-n6c7ccccc7c7ccccc76)cc5)cc4)ccc32)cc1. The van der Waals surface area contributed by atoms with Gasteiger partial charge in [0.2, 0.25) is 0 Å². The predicted molar refractivity (Wildman–Crippen MR) is 293 cm³/mol. The number of hydrogen-bond acceptors (Lipinski definition) is 2. The zero-order chi connectivity index (χ0) is 46.1. The van der Waals surface area contributed by atoms with Crippen molar-refractivity contribution in [3.05, 3.63) is 261 Å². The maximum atomic E-state index is 6.39. The van der Waals surface area contributed by atoms with E-state index in [2.05, 4.69) is 263 Å². The van der Waals surface area contributed by atoms with Crippen molar-refractivity contribution in [2.45, 2.75) is 0 Å². The quantitative estimate of drug-likeness (QED) is 0.152. The van der Waals surface area contributed by atoms with Crippen molar-refractivity contribution in [3.8, 4) is 44.8 Å². The number of aromatic nitrogens is 2. The van der Waals surface area contributed by atoms with E-state index in [1.165, 1.54) is 54.7 Å². The highest BCUT2D eigenvalue weighted by Gasteiger charge is 2.18. The van der Waals surface area contributed by atoms with Crippen molar-refractivity contribution in [2.24, 2.45) is 0 Å². The molecule has 11 aromatic carbocycles. The number of nitrogens with zero attached hydrogens (tertiary/aromatic N) is 3. The maximum absolute atomic E-state index is 6.39. The van der Waals surface area contributed by atoms with Crippen LogP contribution in [0.25, 0.3) is 110 Å². The number of rotatable bonds is 8. The zero-order valence-corrected chi connectivity index (χ0v) is 38.1. The van der Waals surface area contributed by atoms with Gasteiger partial charge in [-0.05, 0) is 125 Å². The lowest BCUT2D eigenvalue weighted by Gasteiger charge is -2.26. The highest BCUT2D eigenvalue weighted by molar-refractivity contribution is 6.12. The van der Waals surface area contributed by atoms with Gasteiger partial charge in [0.1, 0.15) is 11.2 Å². The number of para-hydroxylation sites is 6. The Balaban J connectivity index is 0.830. The standard InChI is InChI=1S/C66H43N3O/c1-2-13-49(14-3-1)68-63-23-10-6-17-57(63)60-43-48(33-42-64(60)68)46-31-36-51(37-32-46)67(52-38-40-53(41-39-52)69-61-21-8-4-15-55(61)56-16-5-9-22-62(56)69)50-34-29-45(30-35-50)44-25-27-47(28-26-44)54-19-12-20-59-58-18-7-11-24-65(58)70-66(54)59/h1-43H. The molecule has 0 saturated heterocycles. The Morgan fingerprint density at radius 2 is 0.686 bits per heavy atom. The summed E-state index contributed by atoms with van der Waals surface area (Å²) in [7, 11) is 0. The van der Waals surface area contributed by atoms with Gasteiger partial charge in [0.15, 0.2) is 0 Å². The second-order valence-corrected chi connectivity index (χ2v) is 18.1. The van der Waals surface area contributed by atoms with Crippen molar-refractivity contribution >= 4 is 82.6 Å². The van der Waals surface area contributed by atoms with E-state index >= 15 is 0 Å². The molecule has 4 heteroatoms. The average molecular weight is 894 g/mol. The lowest BCUT2D eigenvalue weighted by atomic mass is 9.98. The van der Waals surface area contributed by atoms with E-state index in [9.17, 15) is 0 Å². The first-order valence-corrected chi connectivity index (χ1v) is 23.9. The van der Waals surface area contributed by atoms with Gasteiger partial charge < -0.3 is 18.5 Å². The molecule has 0 N–H and O–H groups in total. The lowest BCUT2D eigenvalue weighted by Crippen LogP contribution is -2.10. The van der Waals surface area contributed by atoms with Gasteiger partial charge in [0.05, 0.1) is 22.1 Å². The summed E-state index contributed by atoms with van der Waals surface area (Å²) in [5.74, 6) is 0. The summed E-state index contributed by atoms with van der Waals surface area (Å²) in [6.45, 7) is 0. The average Bonchev–Trinajstić information content (AvgIpc) is 4.10. The first-order chi connectivity index (χ1) is 34.7. The molecule has 0 atom stereocenters. The molecule has 3 aromatic heterocycles. The molecule has 3 heterocycles. The molecule has 0 radical (unpaired) electrons. The summed E-state index contributed by atoms with van der Waals surface area (Å²) in [4.78, 5) is 2.36. The second kappa shape index (κ2) is 16.2. The molecule has 4 nitrogen and oxygen atoms in total. The number of fused-ring (bicyclic) bond motifs is 9. The van der Waals surface area contributed by atoms with Crippen molar-refractivity contribution in [3.63, 3.8) is 0 Å². The second-order valence-electron chi connectivity index (χ2n) is 18.1. The van der Waals surface area contributed by atoms with Crippen LogP contribution in [-0.4, -0.2) is 9.13 Å². The first-order valence-electron chi connectivity index (χ1n) is 23.9. The van der Waals surface area contributed by atoms with Gasteiger partial charge in [-0.1, -0.05) is 164 Å². The topological polar surface area (TPSA) is 26.2 Å². The molecule has 0 saturated carbocycles. The van der Waals surface area contributed by atoms with Crippen LogP contribution in [0.5, 0.6) is 0 Å². The smallest absolute Gasteiger partial charge is 0.143 e. The summed E-state index contributed by atoms with van der Waals surface area (Å²) in [6, 6.07) is 94.1. The molecule has 0 aliphatic carbocycles. The largest absolute Gasteiger partial charge is 0.455 e. The third-order valence-corrected chi connectivity index (χ3v) is 14.2. The minimum Gasteiger partial charge on any atom is -0.455 e. The van der Waals surface area contributed by atoms with Crippen LogP contribution in [-0.2, 0) is 0 Å². The molecule has 0 aliphatic heterocycles. The van der Waals surface area contributed by atoms with E-state index < -0.39 is 0 Å². The Hall–Kier alpha value is -9.38. The third kappa shape index (κ3) is 6.46. The molecule has 14 aromatic rings. The Bertz CT molecular complexity index is 4200. The fraction of sp³-hybridized carbons (Fsp3) is 0. The van der Waals surface area contributed by atoms with Gasteiger partial charge in [-0.2, -0.15) is 0 Å². The molecule has 0 unspecified atom stereocenters. The Morgan fingerprint density at radius 3 is 1.29 bits per heavy atom. The molecule has 0 bridgehead atoms. The van der Waals surface area contributed by atoms with Gasteiger partial charge in [0, 0.05) is 66.3 Å². The van der Waals surface area contributed by atoms with Gasteiger partial charge in [-0.15, -0.1) is 0 Å². The maximum Gasteiger partial charge on any atom is 0.143 e. The molecule has 0 aliphatic rings. The van der Waals surface area contributed by atoms with Crippen LogP contribution in [0.4, 0.5) is 17.1 Å². The number of benzene rings is 11. The van der Waals surface area contributed by atoms with Crippen molar-refractivity contribution in [1.29, 1.82) is 0 Å². The third-order valence-electron chi connectivity index (χ3n) is 14.2. The van der Waals surface area contributed by atoms with Crippen molar-refractivity contribution < 1.29 is 4.42 Å². The number of furan rings is 1. The highest BCUT2D eigenvalue weighted by Crippen LogP contribution is 2.41. The lowest BCUT2D eigenvalue weighted by molar-refractivity contribution is 0.670. The molecule has 0 fully saturated rings. The van der Waals surface area contributed by atoms with E-state index in [0.717, 1.165) is 72.6 Å². The van der Waals surface area contributed by atoms with Crippen molar-refractivity contribution in [2.75, 3.05) is 4.90 Å². The summed E-state index contributed by atoms with van der Waals surface area (Å²) in [5, 5.41) is 7.27. The number of hydrogen-bond donors (Lipinski definition) is 0. The monoisotopic (exact) mass is 893 g/mol. The van der Waals surface area contributed by atoms with Gasteiger partial charge >= 0.3 is 0 Å². The van der Waals surface area contributed by atoms with Crippen LogP contribution >= 0.6 is 0 Å². The number of anilines is 3. The summed E-state index contributed by atoms with van der Waals surface area (Å²) in [5.41, 5.74) is 19.0. The summed E-state index contributed by atoms with van der Waals surface area (Å²) < 4.78 is 11.1. The normalized spacial score (nSPS) is 11.7. The molecular weight excluding hydrogens is 851 g/mol. The van der Waals surface area contributed by atoms with E-state index in [-0.39, 0.29) is 0 Å². The van der Waals surface area contributed by atoms with Gasteiger partial charge in [0.25, 0.3) is 0 Å². The van der Waals surface area contributed by atoms with Crippen LogP contribution in [0.3, 0.4) is 0 Å². The van der Waals surface area contributed by atoms with Crippen molar-refractivity contribution in [1.82, 2.24) is 9.13 Å². The molecule has 14 rings (SSSR count). The first kappa shape index (κ1) is 39.8. The fourth-order valence-electron chi connectivity index (χ4n) is 10.8. The zero-order valence-electron chi connectivity index (χ0n) is 38.1. The Labute approximate surface area is 404 Å². The van der Waals surface area contributed by atoms with Gasteiger partial charge in [-0.25, -0.2) is 0 Å². The van der Waals surface area contributed by atoms with E-state index in [1.54, 1.807) is 0 Å².